The Kier molecular flexibility index (Phi) is 5.78. The van der Waals surface area contributed by atoms with E-state index in [1.165, 1.54) is 19.2 Å². The van der Waals surface area contributed by atoms with E-state index in [1.807, 2.05) is 0 Å². The first-order chi connectivity index (χ1) is 11.0. The molecule has 5 nitrogen and oxygen atoms in total. The van der Waals surface area contributed by atoms with Crippen molar-refractivity contribution in [2.45, 2.75) is 26.0 Å². The van der Waals surface area contributed by atoms with Gasteiger partial charge >= 0.3 is 12.6 Å². The summed E-state index contributed by atoms with van der Waals surface area (Å²) in [5.74, 6) is 0.526. The van der Waals surface area contributed by atoms with Crippen LogP contribution >= 0.6 is 0 Å². The minimum atomic E-state index is -2.93. The van der Waals surface area contributed by atoms with Gasteiger partial charge in [-0.15, -0.1) is 0 Å². The first kappa shape index (κ1) is 17.1. The van der Waals surface area contributed by atoms with Crippen molar-refractivity contribution < 1.29 is 23.0 Å². The molecule has 126 valence electrons. The Bertz CT molecular complexity index is 568. The summed E-state index contributed by atoms with van der Waals surface area (Å²) in [7, 11) is 1.48. The Balaban J connectivity index is 2.00. The zero-order chi connectivity index (χ0) is 16.8. The number of benzene rings is 1. The quantitative estimate of drug-likeness (QED) is 0.846. The lowest BCUT2D eigenvalue weighted by atomic mass is 10.1. The zero-order valence-electron chi connectivity index (χ0n) is 13.0. The summed E-state index contributed by atoms with van der Waals surface area (Å²) in [5.41, 5.74) is 1.56. The van der Waals surface area contributed by atoms with E-state index in [4.69, 9.17) is 4.74 Å². The van der Waals surface area contributed by atoms with E-state index >= 15 is 0 Å². The van der Waals surface area contributed by atoms with Crippen LogP contribution in [0.5, 0.6) is 11.5 Å². The molecule has 0 saturated carbocycles. The number of carbonyl (C=O) groups excluding carboxylic acids is 1. The number of likely N-dealkylation sites (tertiary alicyclic amines) is 1. The predicted molar refractivity (Wildman–Crippen MR) is 81.8 cm³/mol. The number of alkyl halides is 2. The van der Waals surface area contributed by atoms with Crippen LogP contribution < -0.4 is 14.8 Å². The predicted octanol–water partition coefficient (Wildman–Crippen LogP) is 3.16. The number of carbonyl (C=O) groups is 1. The Morgan fingerprint density at radius 2 is 2.09 bits per heavy atom. The number of hydrogen-bond donors (Lipinski definition) is 1. The Morgan fingerprint density at radius 3 is 2.70 bits per heavy atom. The molecule has 0 aliphatic carbocycles. The molecule has 0 unspecified atom stereocenters. The molecule has 1 aliphatic rings. The molecule has 2 amide bonds. The van der Waals surface area contributed by atoms with Gasteiger partial charge in [0.05, 0.1) is 7.11 Å². The van der Waals surface area contributed by atoms with Gasteiger partial charge in [0.25, 0.3) is 0 Å². The number of rotatable bonds is 5. The van der Waals surface area contributed by atoms with E-state index in [0.29, 0.717) is 24.4 Å². The molecular weight excluding hydrogens is 306 g/mol. The number of urea groups is 1. The molecular formula is C16H20F2N2O3. The van der Waals surface area contributed by atoms with Crippen molar-refractivity contribution in [3.63, 3.8) is 0 Å². The average Bonchev–Trinajstić information content (AvgIpc) is 2.53. The van der Waals surface area contributed by atoms with Crippen molar-refractivity contribution in [1.82, 2.24) is 10.2 Å². The molecule has 1 aliphatic heterocycles. The number of amides is 2. The lowest BCUT2D eigenvalue weighted by Crippen LogP contribution is -2.42. The smallest absolute Gasteiger partial charge is 0.387 e. The molecule has 0 atom stereocenters. The fourth-order valence-electron chi connectivity index (χ4n) is 2.34. The van der Waals surface area contributed by atoms with Gasteiger partial charge in [-0.3, -0.25) is 0 Å². The summed E-state index contributed by atoms with van der Waals surface area (Å²) < 4.78 is 34.4. The molecule has 1 saturated heterocycles. The maximum absolute atomic E-state index is 12.5. The van der Waals surface area contributed by atoms with Gasteiger partial charge in [-0.1, -0.05) is 12.2 Å². The maximum atomic E-state index is 12.5. The fraction of sp³-hybridized carbons (Fsp3) is 0.438. The van der Waals surface area contributed by atoms with Crippen molar-refractivity contribution in [2.75, 3.05) is 20.2 Å². The van der Waals surface area contributed by atoms with Crippen molar-refractivity contribution in [3.05, 3.63) is 35.9 Å². The van der Waals surface area contributed by atoms with Crippen molar-refractivity contribution in [1.29, 1.82) is 0 Å². The van der Waals surface area contributed by atoms with Gasteiger partial charge in [0.2, 0.25) is 0 Å². The number of ether oxygens (including phenoxy) is 2. The summed E-state index contributed by atoms with van der Waals surface area (Å²) >= 11 is 0. The number of halogens is 2. The molecule has 2 rings (SSSR count). The van der Waals surface area contributed by atoms with Gasteiger partial charge in [0.1, 0.15) is 11.5 Å². The molecule has 1 fully saturated rings. The number of nitrogens with one attached hydrogen (secondary N) is 1. The van der Waals surface area contributed by atoms with Gasteiger partial charge in [-0.2, -0.15) is 8.78 Å². The fourth-order valence-corrected chi connectivity index (χ4v) is 2.34. The largest absolute Gasteiger partial charge is 0.497 e. The molecule has 0 spiro atoms. The monoisotopic (exact) mass is 326 g/mol. The van der Waals surface area contributed by atoms with Crippen LogP contribution in [-0.4, -0.2) is 37.7 Å². The highest BCUT2D eigenvalue weighted by Gasteiger charge is 2.18. The number of piperidine rings is 1. The highest BCUT2D eigenvalue weighted by Crippen LogP contribution is 2.25. The molecule has 1 N–H and O–H groups in total. The van der Waals surface area contributed by atoms with Crippen LogP contribution in [0.3, 0.4) is 0 Å². The molecule has 1 aromatic carbocycles. The second kappa shape index (κ2) is 7.80. The normalized spacial score (nSPS) is 14.8. The Hall–Kier alpha value is -2.31. The molecule has 0 bridgehead atoms. The third-order valence-corrected chi connectivity index (χ3v) is 3.67. The van der Waals surface area contributed by atoms with E-state index in [1.54, 1.807) is 11.0 Å². The first-order valence-electron chi connectivity index (χ1n) is 7.30. The second-order valence-electron chi connectivity index (χ2n) is 5.25. The van der Waals surface area contributed by atoms with Crippen LogP contribution in [0.15, 0.2) is 30.4 Å². The van der Waals surface area contributed by atoms with Crippen molar-refractivity contribution >= 4 is 6.03 Å². The van der Waals surface area contributed by atoms with E-state index in [2.05, 4.69) is 16.6 Å². The standard InChI is InChI=1S/C16H20F2N2O3/c1-11-5-7-20(8-6-11)16(21)19-10-12-9-13(22-2)3-4-14(12)23-15(17)18/h3-4,9,15H,1,5-8,10H2,2H3,(H,19,21). The minimum Gasteiger partial charge on any atom is -0.497 e. The van der Waals surface area contributed by atoms with Crippen LogP contribution in [0.25, 0.3) is 0 Å². The number of methoxy groups -OCH3 is 1. The Labute approximate surface area is 133 Å². The minimum absolute atomic E-state index is 0.0214. The topological polar surface area (TPSA) is 50.8 Å². The number of nitrogens with zero attached hydrogens (tertiary/aromatic N) is 1. The van der Waals surface area contributed by atoms with Gasteiger partial charge in [0.15, 0.2) is 0 Å². The average molecular weight is 326 g/mol. The van der Waals surface area contributed by atoms with Crippen LogP contribution in [0.4, 0.5) is 13.6 Å². The number of hydrogen-bond acceptors (Lipinski definition) is 3. The molecule has 0 aromatic heterocycles. The van der Waals surface area contributed by atoms with E-state index in [-0.39, 0.29) is 18.3 Å². The molecule has 0 radical (unpaired) electrons. The van der Waals surface area contributed by atoms with E-state index in [9.17, 15) is 13.6 Å². The van der Waals surface area contributed by atoms with E-state index < -0.39 is 6.61 Å². The molecule has 1 heterocycles. The first-order valence-corrected chi connectivity index (χ1v) is 7.30. The lowest BCUT2D eigenvalue weighted by molar-refractivity contribution is -0.0505. The van der Waals surface area contributed by atoms with Crippen molar-refractivity contribution in [2.24, 2.45) is 0 Å². The lowest BCUT2D eigenvalue weighted by Gasteiger charge is -2.28. The maximum Gasteiger partial charge on any atom is 0.387 e. The summed E-state index contributed by atoms with van der Waals surface area (Å²) in [6.45, 7) is 2.28. The van der Waals surface area contributed by atoms with Crippen LogP contribution in [0.1, 0.15) is 18.4 Å². The van der Waals surface area contributed by atoms with Crippen LogP contribution in [0, 0.1) is 0 Å². The summed E-state index contributed by atoms with van der Waals surface area (Å²) in [4.78, 5) is 13.8. The highest BCUT2D eigenvalue weighted by atomic mass is 19.3. The van der Waals surface area contributed by atoms with Gasteiger partial charge in [-0.05, 0) is 31.0 Å². The van der Waals surface area contributed by atoms with Gasteiger partial charge in [0, 0.05) is 25.2 Å². The SMILES string of the molecule is C=C1CCN(C(=O)NCc2cc(OC)ccc2OC(F)F)CC1. The highest BCUT2D eigenvalue weighted by molar-refractivity contribution is 5.74. The summed E-state index contributed by atoms with van der Waals surface area (Å²) in [6, 6.07) is 4.26. The molecule has 23 heavy (non-hydrogen) atoms. The zero-order valence-corrected chi connectivity index (χ0v) is 13.0. The van der Waals surface area contributed by atoms with Crippen LogP contribution in [0.2, 0.25) is 0 Å². The van der Waals surface area contributed by atoms with Crippen molar-refractivity contribution in [3.8, 4) is 11.5 Å². The second-order valence-corrected chi connectivity index (χ2v) is 5.25. The summed E-state index contributed by atoms with van der Waals surface area (Å²) in [5, 5.41) is 2.73. The molecule has 7 heteroatoms. The Morgan fingerprint density at radius 1 is 1.39 bits per heavy atom. The third-order valence-electron chi connectivity index (χ3n) is 3.67. The van der Waals surface area contributed by atoms with Crippen LogP contribution in [-0.2, 0) is 6.54 Å². The van der Waals surface area contributed by atoms with E-state index in [0.717, 1.165) is 18.4 Å². The van der Waals surface area contributed by atoms with Gasteiger partial charge < -0.3 is 19.7 Å². The molecule has 1 aromatic rings. The summed E-state index contributed by atoms with van der Waals surface area (Å²) in [6.07, 6.45) is 1.57. The van der Waals surface area contributed by atoms with Gasteiger partial charge in [-0.25, -0.2) is 4.79 Å². The third kappa shape index (κ3) is 4.84.